The van der Waals surface area contributed by atoms with E-state index < -0.39 is 74.3 Å². The van der Waals surface area contributed by atoms with Gasteiger partial charge in [-0.1, -0.05) is 0 Å². The first-order chi connectivity index (χ1) is 11.6. The Morgan fingerprint density at radius 2 is 1.24 bits per heavy atom. The summed E-state index contributed by atoms with van der Waals surface area (Å²) in [4.78, 5) is 44.2. The Morgan fingerprint density at radius 3 is 1.72 bits per heavy atom. The van der Waals surface area contributed by atoms with Gasteiger partial charge >= 0.3 is 5.97 Å². The Kier molecular flexibility index (Phi) is 10.2. The van der Waals surface area contributed by atoms with Crippen molar-refractivity contribution >= 4 is 23.7 Å². The van der Waals surface area contributed by atoms with Crippen LogP contribution in [0.4, 0.5) is 0 Å². The number of carbonyl (C=O) groups is 4. The molecule has 4 atom stereocenters. The predicted octanol–water partition coefficient (Wildman–Crippen LogP) is -6.14. The van der Waals surface area contributed by atoms with Crippen LogP contribution >= 0.6 is 0 Å². The van der Waals surface area contributed by atoms with Gasteiger partial charge in [0.05, 0.1) is 19.7 Å². The van der Waals surface area contributed by atoms with Crippen molar-refractivity contribution in [3.63, 3.8) is 0 Å². The van der Waals surface area contributed by atoms with E-state index in [9.17, 15) is 34.5 Å². The van der Waals surface area contributed by atoms with Crippen molar-refractivity contribution in [3.8, 4) is 0 Å². The summed E-state index contributed by atoms with van der Waals surface area (Å²) in [6.45, 7) is -2.78. The summed E-state index contributed by atoms with van der Waals surface area (Å²) in [7, 11) is 0. The van der Waals surface area contributed by atoms with Crippen LogP contribution in [0.15, 0.2) is 0 Å². The quantitative estimate of drug-likeness (QED) is 0.168. The monoisotopic (exact) mass is 367 g/mol. The van der Waals surface area contributed by atoms with Gasteiger partial charge in [-0.05, 0) is 0 Å². The summed E-state index contributed by atoms with van der Waals surface area (Å²) in [5.41, 5.74) is 0. The van der Waals surface area contributed by atoms with Gasteiger partial charge in [0.1, 0.15) is 24.9 Å². The third kappa shape index (κ3) is 8.92. The van der Waals surface area contributed by atoms with Gasteiger partial charge in [-0.2, -0.15) is 0 Å². The normalized spacial score (nSPS) is 15.4. The molecular formula is C12H21N3O10. The molecule has 0 fully saturated rings. The zero-order chi connectivity index (χ0) is 19.6. The highest BCUT2D eigenvalue weighted by Crippen LogP contribution is 2.05. The maximum atomic E-state index is 11.5. The average Bonchev–Trinajstić information content (AvgIpc) is 2.59. The lowest BCUT2D eigenvalue weighted by Gasteiger charge is -2.24. The zero-order valence-corrected chi connectivity index (χ0v) is 13.0. The molecule has 13 nitrogen and oxygen atoms in total. The van der Waals surface area contributed by atoms with Gasteiger partial charge in [0.25, 0.3) is 5.91 Å². The lowest BCUT2D eigenvalue weighted by Crippen LogP contribution is -2.53. The molecule has 144 valence electrons. The maximum absolute atomic E-state index is 11.5. The first-order valence-electron chi connectivity index (χ1n) is 6.96. The molecule has 13 heteroatoms. The molecule has 0 radical (unpaired) electrons. The summed E-state index contributed by atoms with van der Waals surface area (Å²) in [6.07, 6.45) is -8.10. The minimum Gasteiger partial charge on any atom is -0.480 e. The molecule has 0 aromatic rings. The first-order valence-corrected chi connectivity index (χ1v) is 6.96. The number of hydrogen-bond acceptors (Lipinski definition) is 9. The third-order valence-electron chi connectivity index (χ3n) is 2.83. The van der Waals surface area contributed by atoms with Crippen LogP contribution in [0, 0.1) is 0 Å². The molecule has 0 unspecified atom stereocenters. The van der Waals surface area contributed by atoms with Crippen molar-refractivity contribution in [1.29, 1.82) is 0 Å². The van der Waals surface area contributed by atoms with E-state index in [4.69, 9.17) is 15.3 Å². The first kappa shape index (κ1) is 22.7. The van der Waals surface area contributed by atoms with E-state index >= 15 is 0 Å². The lowest BCUT2D eigenvalue weighted by atomic mass is 10.0. The molecule has 0 saturated carbocycles. The van der Waals surface area contributed by atoms with E-state index in [2.05, 4.69) is 5.32 Å². The van der Waals surface area contributed by atoms with E-state index in [0.717, 1.165) is 0 Å². The highest BCUT2D eigenvalue weighted by Gasteiger charge is 2.34. The fourth-order valence-electron chi connectivity index (χ4n) is 1.43. The smallest absolute Gasteiger partial charge is 0.322 e. The number of nitrogens with one attached hydrogen (secondary N) is 3. The summed E-state index contributed by atoms with van der Waals surface area (Å²) in [5.74, 6) is -4.15. The third-order valence-corrected chi connectivity index (χ3v) is 2.83. The second-order valence-electron chi connectivity index (χ2n) is 4.84. The molecule has 0 aliphatic carbocycles. The summed E-state index contributed by atoms with van der Waals surface area (Å²) in [6, 6.07) is 0. The number of aliphatic hydroxyl groups is 5. The van der Waals surface area contributed by atoms with Crippen LogP contribution in [-0.4, -0.2) is 105 Å². The Morgan fingerprint density at radius 1 is 0.760 bits per heavy atom. The van der Waals surface area contributed by atoms with E-state index in [1.165, 1.54) is 0 Å². The van der Waals surface area contributed by atoms with E-state index in [-0.39, 0.29) is 0 Å². The minimum absolute atomic E-state index is 0.547. The van der Waals surface area contributed by atoms with Crippen LogP contribution in [0.2, 0.25) is 0 Å². The SMILES string of the molecule is O=C(O)CNC(=O)CNC(=O)CNC(=O)[C@H](O)[C@@H](O)[C@H](O)[C@H](O)CO. The topological polar surface area (TPSA) is 226 Å². The van der Waals surface area contributed by atoms with Crippen LogP contribution in [0.3, 0.4) is 0 Å². The van der Waals surface area contributed by atoms with E-state index in [1.54, 1.807) is 0 Å². The molecular weight excluding hydrogens is 346 g/mol. The molecule has 0 aromatic carbocycles. The van der Waals surface area contributed by atoms with Crippen molar-refractivity contribution in [2.24, 2.45) is 0 Å². The van der Waals surface area contributed by atoms with Crippen LogP contribution in [-0.2, 0) is 19.2 Å². The highest BCUT2D eigenvalue weighted by atomic mass is 16.4. The number of rotatable bonds is 11. The predicted molar refractivity (Wildman–Crippen MR) is 77.8 cm³/mol. The van der Waals surface area contributed by atoms with Crippen molar-refractivity contribution in [2.45, 2.75) is 24.4 Å². The fourth-order valence-corrected chi connectivity index (χ4v) is 1.43. The Balaban J connectivity index is 4.20. The standard InChI is InChI=1S/C12H21N3O10/c16-4-5(17)9(22)10(23)11(24)12(25)15-2-7(19)13-1-6(18)14-3-8(20)21/h5,9-11,16-17,22-24H,1-4H2,(H,13,19)(H,14,18)(H,15,25)(H,20,21)/t5-,9-,10+,11-/m1/s1. The molecule has 0 heterocycles. The number of carboxylic acids is 1. The van der Waals surface area contributed by atoms with Gasteiger partial charge < -0.3 is 46.6 Å². The van der Waals surface area contributed by atoms with Crippen molar-refractivity contribution in [3.05, 3.63) is 0 Å². The van der Waals surface area contributed by atoms with Crippen LogP contribution < -0.4 is 16.0 Å². The summed E-state index contributed by atoms with van der Waals surface area (Å²) in [5, 5.41) is 60.3. The molecule has 0 spiro atoms. The number of amides is 3. The number of aliphatic hydroxyl groups excluding tert-OH is 5. The number of carbonyl (C=O) groups excluding carboxylic acids is 3. The van der Waals surface area contributed by atoms with Gasteiger partial charge in [-0.3, -0.25) is 19.2 Å². The largest absolute Gasteiger partial charge is 0.480 e. The fraction of sp³-hybridized carbons (Fsp3) is 0.667. The van der Waals surface area contributed by atoms with Crippen LogP contribution in [0.5, 0.6) is 0 Å². The Bertz CT molecular complexity index is 486. The van der Waals surface area contributed by atoms with Gasteiger partial charge in [-0.25, -0.2) is 0 Å². The highest BCUT2D eigenvalue weighted by molar-refractivity contribution is 5.90. The van der Waals surface area contributed by atoms with Gasteiger partial charge in [-0.15, -0.1) is 0 Å². The van der Waals surface area contributed by atoms with Gasteiger partial charge in [0.15, 0.2) is 6.10 Å². The van der Waals surface area contributed by atoms with E-state index in [1.807, 2.05) is 10.6 Å². The number of carboxylic acid groups (broad SMARTS) is 1. The summed E-state index contributed by atoms with van der Waals surface area (Å²) >= 11 is 0. The van der Waals surface area contributed by atoms with Crippen LogP contribution in [0.1, 0.15) is 0 Å². The van der Waals surface area contributed by atoms with Crippen molar-refractivity contribution in [2.75, 3.05) is 26.2 Å². The average molecular weight is 367 g/mol. The molecule has 0 bridgehead atoms. The molecule has 0 saturated heterocycles. The van der Waals surface area contributed by atoms with Crippen molar-refractivity contribution in [1.82, 2.24) is 16.0 Å². The molecule has 0 aromatic heterocycles. The second kappa shape index (κ2) is 11.3. The molecule has 25 heavy (non-hydrogen) atoms. The Hall–Kier alpha value is -2.32. The molecule has 0 aliphatic heterocycles. The molecule has 9 N–H and O–H groups in total. The molecule has 3 amide bonds. The maximum Gasteiger partial charge on any atom is 0.322 e. The minimum atomic E-state index is -2.19. The second-order valence-corrected chi connectivity index (χ2v) is 4.84. The summed E-state index contributed by atoms with van der Waals surface area (Å²) < 4.78 is 0. The lowest BCUT2D eigenvalue weighted by molar-refractivity contribution is -0.149. The Labute approximate surface area is 141 Å². The van der Waals surface area contributed by atoms with Gasteiger partial charge in [0.2, 0.25) is 11.8 Å². The van der Waals surface area contributed by atoms with Crippen molar-refractivity contribution < 1.29 is 49.8 Å². The molecule has 0 rings (SSSR count). The number of aliphatic carboxylic acids is 1. The molecule has 0 aliphatic rings. The zero-order valence-electron chi connectivity index (χ0n) is 13.0. The number of hydrogen-bond donors (Lipinski definition) is 9. The van der Waals surface area contributed by atoms with E-state index in [0.29, 0.717) is 0 Å². The van der Waals surface area contributed by atoms with Crippen LogP contribution in [0.25, 0.3) is 0 Å². The van der Waals surface area contributed by atoms with Gasteiger partial charge in [0, 0.05) is 0 Å².